The van der Waals surface area contributed by atoms with E-state index in [2.05, 4.69) is 20.3 Å². The van der Waals surface area contributed by atoms with Crippen LogP contribution in [-0.2, 0) is 4.74 Å². The number of amides is 2. The van der Waals surface area contributed by atoms with E-state index in [1.165, 1.54) is 11.3 Å². The molecule has 1 atom stereocenters. The fraction of sp³-hybridized carbons (Fsp3) is 0.571. The van der Waals surface area contributed by atoms with Crippen molar-refractivity contribution in [1.82, 2.24) is 24.8 Å². The summed E-state index contributed by atoms with van der Waals surface area (Å²) in [5.74, 6) is 0.720. The zero-order chi connectivity index (χ0) is 22.0. The first-order valence-electron chi connectivity index (χ1n) is 10.6. The molecule has 0 unspecified atom stereocenters. The van der Waals surface area contributed by atoms with Crippen molar-refractivity contribution in [3.8, 4) is 0 Å². The van der Waals surface area contributed by atoms with Crippen LogP contribution < -0.4 is 5.32 Å². The van der Waals surface area contributed by atoms with Gasteiger partial charge in [0.15, 0.2) is 5.13 Å². The molecule has 4 heterocycles. The van der Waals surface area contributed by atoms with Crippen molar-refractivity contribution >= 4 is 28.3 Å². The van der Waals surface area contributed by atoms with E-state index in [0.717, 1.165) is 23.7 Å². The zero-order valence-electron chi connectivity index (χ0n) is 18.2. The summed E-state index contributed by atoms with van der Waals surface area (Å²) in [6.45, 7) is 7.30. The predicted octanol–water partition coefficient (Wildman–Crippen LogP) is 2.08. The fourth-order valence-corrected chi connectivity index (χ4v) is 4.93. The van der Waals surface area contributed by atoms with Gasteiger partial charge < -0.3 is 19.9 Å². The van der Waals surface area contributed by atoms with Gasteiger partial charge in [-0.25, -0.2) is 15.0 Å². The number of morpholine rings is 1. The molecule has 10 heteroatoms. The molecule has 0 spiro atoms. The van der Waals surface area contributed by atoms with Crippen molar-refractivity contribution in [3.63, 3.8) is 0 Å². The number of nitrogens with one attached hydrogen (secondary N) is 1. The predicted molar refractivity (Wildman–Crippen MR) is 118 cm³/mol. The van der Waals surface area contributed by atoms with Crippen LogP contribution in [0.25, 0.3) is 0 Å². The number of anilines is 1. The summed E-state index contributed by atoms with van der Waals surface area (Å²) in [4.78, 5) is 43.8. The number of carbonyl (C=O) groups is 2. The van der Waals surface area contributed by atoms with Crippen molar-refractivity contribution in [2.24, 2.45) is 0 Å². The number of carbonyl (C=O) groups excluding carboxylic acids is 2. The van der Waals surface area contributed by atoms with Crippen molar-refractivity contribution in [3.05, 3.63) is 33.8 Å². The van der Waals surface area contributed by atoms with Crippen molar-refractivity contribution in [2.45, 2.75) is 32.6 Å². The Bertz CT molecular complexity index is 972. The lowest BCUT2D eigenvalue weighted by Gasteiger charge is -2.32. The fourth-order valence-electron chi connectivity index (χ4n) is 4.05. The molecule has 166 valence electrons. The van der Waals surface area contributed by atoms with Crippen LogP contribution in [0.4, 0.5) is 5.13 Å². The highest BCUT2D eigenvalue weighted by molar-refractivity contribution is 7.17. The summed E-state index contributed by atoms with van der Waals surface area (Å²) in [5.41, 5.74) is 1.97. The molecule has 2 aliphatic heterocycles. The molecule has 9 nitrogen and oxygen atoms in total. The molecule has 0 aromatic carbocycles. The number of piperidine rings is 1. The molecule has 2 fully saturated rings. The summed E-state index contributed by atoms with van der Waals surface area (Å²) in [7, 11) is 1.80. The number of aryl methyl sites for hydroxylation is 2. The van der Waals surface area contributed by atoms with E-state index in [4.69, 9.17) is 4.74 Å². The summed E-state index contributed by atoms with van der Waals surface area (Å²) in [5, 5.41) is 3.75. The van der Waals surface area contributed by atoms with Gasteiger partial charge in [0.05, 0.1) is 30.2 Å². The van der Waals surface area contributed by atoms with Crippen LogP contribution in [-0.4, -0.2) is 83.0 Å². The standard InChI is InChI=1S/C21H28N6O3S/c1-13-16(19(28)26-7-9-30-10-8-26)11-23-18(24-13)15-5-4-6-27(12-15)20(29)17-14(2)25-21(22-3)31-17/h11,15H,4-10,12H2,1-3H3,(H,22,25)/t15-/m0/s1. The third kappa shape index (κ3) is 4.54. The number of thiazole rings is 1. The van der Waals surface area contributed by atoms with Gasteiger partial charge >= 0.3 is 0 Å². The zero-order valence-corrected chi connectivity index (χ0v) is 19.0. The molecule has 2 aromatic rings. The molecule has 2 saturated heterocycles. The third-order valence-electron chi connectivity index (χ3n) is 5.81. The van der Waals surface area contributed by atoms with Gasteiger partial charge in [0.2, 0.25) is 0 Å². The molecule has 0 radical (unpaired) electrons. The molecule has 4 rings (SSSR count). The average molecular weight is 445 g/mol. The maximum absolute atomic E-state index is 13.1. The van der Waals surface area contributed by atoms with E-state index in [0.29, 0.717) is 61.4 Å². The summed E-state index contributed by atoms with van der Waals surface area (Å²) < 4.78 is 5.33. The molecular formula is C21H28N6O3S. The van der Waals surface area contributed by atoms with Gasteiger partial charge in [-0.2, -0.15) is 0 Å². The first kappa shape index (κ1) is 21.6. The summed E-state index contributed by atoms with van der Waals surface area (Å²) >= 11 is 1.38. The van der Waals surface area contributed by atoms with Crippen LogP contribution in [0.1, 0.15) is 56.0 Å². The highest BCUT2D eigenvalue weighted by atomic mass is 32.1. The van der Waals surface area contributed by atoms with Crippen LogP contribution in [0.5, 0.6) is 0 Å². The molecule has 0 aliphatic carbocycles. The Morgan fingerprint density at radius 1 is 1.10 bits per heavy atom. The van der Waals surface area contributed by atoms with Gasteiger partial charge in [-0.1, -0.05) is 11.3 Å². The van der Waals surface area contributed by atoms with Crippen molar-refractivity contribution < 1.29 is 14.3 Å². The largest absolute Gasteiger partial charge is 0.378 e. The number of rotatable bonds is 4. The van der Waals surface area contributed by atoms with E-state index in [1.807, 2.05) is 18.7 Å². The van der Waals surface area contributed by atoms with E-state index in [9.17, 15) is 9.59 Å². The third-order valence-corrected chi connectivity index (χ3v) is 6.97. The second-order valence-electron chi connectivity index (χ2n) is 7.91. The summed E-state index contributed by atoms with van der Waals surface area (Å²) in [6, 6.07) is 0. The maximum atomic E-state index is 13.1. The van der Waals surface area contributed by atoms with Crippen LogP contribution in [0.15, 0.2) is 6.20 Å². The normalized spacial score (nSPS) is 19.4. The van der Waals surface area contributed by atoms with Gasteiger partial charge in [-0.15, -0.1) is 0 Å². The molecule has 0 bridgehead atoms. The quantitative estimate of drug-likeness (QED) is 0.771. The van der Waals surface area contributed by atoms with Crippen LogP contribution in [0.2, 0.25) is 0 Å². The molecule has 31 heavy (non-hydrogen) atoms. The minimum atomic E-state index is -0.0474. The first-order valence-corrected chi connectivity index (χ1v) is 11.4. The highest BCUT2D eigenvalue weighted by Gasteiger charge is 2.30. The average Bonchev–Trinajstić information content (AvgIpc) is 3.19. The number of ether oxygens (including phenoxy) is 1. The first-order chi connectivity index (χ1) is 15.0. The monoisotopic (exact) mass is 444 g/mol. The van der Waals surface area contributed by atoms with Gasteiger partial charge in [0.1, 0.15) is 10.7 Å². The second kappa shape index (κ2) is 9.27. The molecule has 0 saturated carbocycles. The Balaban J connectivity index is 1.47. The Labute approximate surface area is 185 Å². The molecule has 2 aliphatic rings. The maximum Gasteiger partial charge on any atom is 0.265 e. The lowest BCUT2D eigenvalue weighted by atomic mass is 9.96. The lowest BCUT2D eigenvalue weighted by molar-refractivity contribution is 0.0301. The molecular weight excluding hydrogens is 416 g/mol. The van der Waals surface area contributed by atoms with Gasteiger partial charge in [0, 0.05) is 45.3 Å². The van der Waals surface area contributed by atoms with Gasteiger partial charge in [-0.3, -0.25) is 9.59 Å². The Morgan fingerprint density at radius 2 is 1.87 bits per heavy atom. The Hall–Kier alpha value is -2.59. The minimum Gasteiger partial charge on any atom is -0.378 e. The van der Waals surface area contributed by atoms with E-state index >= 15 is 0 Å². The van der Waals surface area contributed by atoms with Crippen molar-refractivity contribution in [1.29, 1.82) is 0 Å². The number of aromatic nitrogens is 3. The SMILES string of the molecule is CNc1nc(C)c(C(=O)N2CCC[C@H](c3ncc(C(=O)N4CCOCC4)c(C)n3)C2)s1. The highest BCUT2D eigenvalue weighted by Crippen LogP contribution is 2.29. The summed E-state index contributed by atoms with van der Waals surface area (Å²) in [6.07, 6.45) is 3.45. The minimum absolute atomic E-state index is 0.0111. The topological polar surface area (TPSA) is 101 Å². The van der Waals surface area contributed by atoms with Crippen LogP contribution in [0.3, 0.4) is 0 Å². The Kier molecular flexibility index (Phi) is 6.47. The van der Waals surface area contributed by atoms with Gasteiger partial charge in [-0.05, 0) is 26.7 Å². The number of hydrogen-bond donors (Lipinski definition) is 1. The molecule has 2 amide bonds. The number of nitrogens with zero attached hydrogens (tertiary/aromatic N) is 5. The lowest BCUT2D eigenvalue weighted by Crippen LogP contribution is -2.41. The van der Waals surface area contributed by atoms with Crippen molar-refractivity contribution in [2.75, 3.05) is 51.8 Å². The number of likely N-dealkylation sites (tertiary alicyclic amines) is 1. The van der Waals surface area contributed by atoms with E-state index in [1.54, 1.807) is 18.1 Å². The molecule has 2 aromatic heterocycles. The second-order valence-corrected chi connectivity index (χ2v) is 8.90. The van der Waals surface area contributed by atoms with Crippen LogP contribution >= 0.6 is 11.3 Å². The molecule has 1 N–H and O–H groups in total. The Morgan fingerprint density at radius 3 is 2.55 bits per heavy atom. The van der Waals surface area contributed by atoms with Gasteiger partial charge in [0.25, 0.3) is 11.8 Å². The smallest absolute Gasteiger partial charge is 0.265 e. The van der Waals surface area contributed by atoms with Crippen LogP contribution in [0, 0.1) is 13.8 Å². The van der Waals surface area contributed by atoms with E-state index in [-0.39, 0.29) is 17.7 Å². The van der Waals surface area contributed by atoms with E-state index < -0.39 is 0 Å². The number of hydrogen-bond acceptors (Lipinski definition) is 8.